The Hall–Kier alpha value is -2.88. The number of ether oxygens (including phenoxy) is 2. The van der Waals surface area contributed by atoms with Gasteiger partial charge in [0.15, 0.2) is 11.5 Å². The van der Waals surface area contributed by atoms with Crippen LogP contribution in [-0.2, 0) is 16.2 Å². The molecule has 0 heterocycles. The Labute approximate surface area is 225 Å². The molecule has 0 aromatic heterocycles. The van der Waals surface area contributed by atoms with E-state index in [0.29, 0.717) is 38.9 Å². The van der Waals surface area contributed by atoms with E-state index >= 15 is 0 Å². The maximum absolute atomic E-state index is 12.1. The second kappa shape index (κ2) is 13.3. The van der Waals surface area contributed by atoms with Gasteiger partial charge in [0.25, 0.3) is 0 Å². The number of carbonyl (C=O) groups is 2. The van der Waals surface area contributed by atoms with Crippen molar-refractivity contribution in [1.29, 1.82) is 0 Å². The first kappa shape index (κ1) is 26.7. The highest BCUT2D eigenvalue weighted by Crippen LogP contribution is 2.37. The molecular weight excluding hydrogens is 602 g/mol. The van der Waals surface area contributed by atoms with Crippen LogP contribution >= 0.6 is 43.5 Å². The number of carbonyl (C=O) groups excluding carboxylic acids is 2. The van der Waals surface area contributed by atoms with Crippen LogP contribution < -0.4 is 20.2 Å². The second-order valence-electron chi connectivity index (χ2n) is 7.14. The van der Waals surface area contributed by atoms with Crippen LogP contribution in [0.4, 0.5) is 5.69 Å². The van der Waals surface area contributed by atoms with Crippen LogP contribution in [0.15, 0.2) is 74.7 Å². The summed E-state index contributed by atoms with van der Waals surface area (Å²) in [6.45, 7) is 2.56. The average molecular weight is 624 g/mol. The molecule has 182 valence electrons. The molecule has 3 aromatic carbocycles. The summed E-state index contributed by atoms with van der Waals surface area (Å²) in [4.78, 5) is 24.2. The lowest BCUT2D eigenvalue weighted by molar-refractivity contribution is -0.126. The molecule has 0 radical (unpaired) electrons. The number of nitrogens with one attached hydrogen (secondary N) is 2. The number of anilines is 1. The Balaban J connectivity index is 1.61. The zero-order chi connectivity index (χ0) is 25.2. The van der Waals surface area contributed by atoms with Crippen molar-refractivity contribution < 1.29 is 19.1 Å². The maximum Gasteiger partial charge on any atom is 0.249 e. The number of nitrogens with zero attached hydrogens (tertiary/aromatic N) is 1. The lowest BCUT2D eigenvalue weighted by Crippen LogP contribution is -2.24. The molecule has 3 rings (SSSR count). The minimum atomic E-state index is -0.547. The van der Waals surface area contributed by atoms with Gasteiger partial charge in [-0.1, -0.05) is 41.9 Å². The molecule has 0 unspecified atom stereocenters. The zero-order valence-corrected chi connectivity index (χ0v) is 22.6. The highest BCUT2D eigenvalue weighted by molar-refractivity contribution is 9.11. The Morgan fingerprint density at radius 2 is 1.74 bits per heavy atom. The molecule has 0 bridgehead atoms. The van der Waals surface area contributed by atoms with E-state index in [-0.39, 0.29) is 13.0 Å². The van der Waals surface area contributed by atoms with Crippen LogP contribution in [-0.4, -0.2) is 24.6 Å². The first-order chi connectivity index (χ1) is 16.9. The highest BCUT2D eigenvalue weighted by Gasteiger charge is 2.14. The van der Waals surface area contributed by atoms with Gasteiger partial charge in [0.1, 0.15) is 13.0 Å². The van der Waals surface area contributed by atoms with E-state index in [0.717, 1.165) is 10.0 Å². The summed E-state index contributed by atoms with van der Waals surface area (Å²) < 4.78 is 13.1. The molecule has 0 saturated heterocycles. The molecular formula is C25H22Br2ClN3O4. The fraction of sp³-hybridized carbons (Fsp3) is 0.160. The monoisotopic (exact) mass is 621 g/mol. The van der Waals surface area contributed by atoms with Crippen LogP contribution in [0.3, 0.4) is 0 Å². The summed E-state index contributed by atoms with van der Waals surface area (Å²) in [6.07, 6.45) is 1.08. The van der Waals surface area contributed by atoms with Crippen molar-refractivity contribution in [1.82, 2.24) is 5.43 Å². The maximum atomic E-state index is 12.1. The average Bonchev–Trinajstić information content (AvgIpc) is 2.81. The molecule has 10 heteroatoms. The molecule has 0 aliphatic carbocycles. The molecule has 3 aromatic rings. The normalized spacial score (nSPS) is 10.7. The van der Waals surface area contributed by atoms with E-state index in [1.165, 1.54) is 6.21 Å². The third-order valence-corrected chi connectivity index (χ3v) is 6.18. The van der Waals surface area contributed by atoms with E-state index in [4.69, 9.17) is 21.1 Å². The minimum absolute atomic E-state index is 0.267. The van der Waals surface area contributed by atoms with Crippen LogP contribution in [0, 0.1) is 0 Å². The summed E-state index contributed by atoms with van der Waals surface area (Å²) in [7, 11) is 0. The number of benzene rings is 3. The van der Waals surface area contributed by atoms with Gasteiger partial charge in [-0.2, -0.15) is 5.10 Å². The van der Waals surface area contributed by atoms with E-state index < -0.39 is 11.8 Å². The van der Waals surface area contributed by atoms with Gasteiger partial charge in [0.2, 0.25) is 11.8 Å². The standard InChI is InChI=1S/C25H22Br2ClN3O4/c1-2-34-22-12-16(11-19(27)25(22)35-15-17-7-3-5-9-20(17)28)14-29-31-24(33)13-23(32)30-21-10-6-4-8-18(21)26/h3-12,14H,2,13,15H2,1H3,(H,30,32)(H,31,33). The number of hydrazone groups is 1. The minimum Gasteiger partial charge on any atom is -0.490 e. The van der Waals surface area contributed by atoms with E-state index in [1.807, 2.05) is 31.2 Å². The first-order valence-electron chi connectivity index (χ1n) is 10.6. The van der Waals surface area contributed by atoms with Crippen LogP contribution in [0.1, 0.15) is 24.5 Å². The van der Waals surface area contributed by atoms with Crippen LogP contribution in [0.25, 0.3) is 0 Å². The number of halogens is 3. The predicted octanol–water partition coefficient (Wildman–Crippen LogP) is 6.32. The molecule has 0 fully saturated rings. The number of rotatable bonds is 10. The Morgan fingerprint density at radius 3 is 2.49 bits per heavy atom. The summed E-state index contributed by atoms with van der Waals surface area (Å²) in [5.74, 6) is 0.0341. The Kier molecular flexibility index (Phi) is 10.1. The molecule has 0 aliphatic rings. The number of para-hydroxylation sites is 1. The van der Waals surface area contributed by atoms with Gasteiger partial charge in [0.05, 0.1) is 23.0 Å². The molecule has 0 atom stereocenters. The number of hydrogen-bond acceptors (Lipinski definition) is 5. The largest absolute Gasteiger partial charge is 0.490 e. The molecule has 0 spiro atoms. The molecule has 35 heavy (non-hydrogen) atoms. The fourth-order valence-electron chi connectivity index (χ4n) is 2.95. The highest BCUT2D eigenvalue weighted by atomic mass is 79.9. The summed E-state index contributed by atoms with van der Waals surface area (Å²) in [6, 6.07) is 18.1. The van der Waals surface area contributed by atoms with Crippen molar-refractivity contribution in [3.8, 4) is 11.5 Å². The van der Waals surface area contributed by atoms with Crippen molar-refractivity contribution in [3.05, 3.63) is 85.8 Å². The van der Waals surface area contributed by atoms with E-state index in [1.54, 1.807) is 36.4 Å². The fourth-order valence-corrected chi connectivity index (χ4v) is 4.10. The number of amides is 2. The van der Waals surface area contributed by atoms with Crippen LogP contribution in [0.2, 0.25) is 5.02 Å². The van der Waals surface area contributed by atoms with Crippen molar-refractivity contribution in [2.45, 2.75) is 20.0 Å². The lowest BCUT2D eigenvalue weighted by Gasteiger charge is -2.15. The quantitative estimate of drug-likeness (QED) is 0.157. The van der Waals surface area contributed by atoms with Crippen molar-refractivity contribution in [3.63, 3.8) is 0 Å². The predicted molar refractivity (Wildman–Crippen MR) is 144 cm³/mol. The van der Waals surface area contributed by atoms with Gasteiger partial charge >= 0.3 is 0 Å². The van der Waals surface area contributed by atoms with Gasteiger partial charge in [0, 0.05) is 15.1 Å². The van der Waals surface area contributed by atoms with Crippen molar-refractivity contribution >= 4 is 67.2 Å². The van der Waals surface area contributed by atoms with Gasteiger partial charge in [-0.05, 0) is 74.7 Å². The summed E-state index contributed by atoms with van der Waals surface area (Å²) >= 11 is 13.1. The zero-order valence-electron chi connectivity index (χ0n) is 18.7. The lowest BCUT2D eigenvalue weighted by atomic mass is 10.2. The Morgan fingerprint density at radius 1 is 1.00 bits per heavy atom. The SMILES string of the molecule is CCOc1cc(C=NNC(=O)CC(=O)Nc2ccccc2Br)cc(Br)c1OCc1ccccc1Cl. The Bertz CT molecular complexity index is 1240. The van der Waals surface area contributed by atoms with Gasteiger partial charge < -0.3 is 14.8 Å². The first-order valence-corrected chi connectivity index (χ1v) is 12.5. The van der Waals surface area contributed by atoms with Crippen molar-refractivity contribution in [2.75, 3.05) is 11.9 Å². The molecule has 0 saturated carbocycles. The third kappa shape index (κ3) is 8.09. The molecule has 7 nitrogen and oxygen atoms in total. The topological polar surface area (TPSA) is 89.0 Å². The van der Waals surface area contributed by atoms with Gasteiger partial charge in [-0.15, -0.1) is 0 Å². The summed E-state index contributed by atoms with van der Waals surface area (Å²) in [5.41, 5.74) is 4.44. The van der Waals surface area contributed by atoms with Gasteiger partial charge in [-0.3, -0.25) is 9.59 Å². The third-order valence-electron chi connectivity index (χ3n) is 4.53. The van der Waals surface area contributed by atoms with E-state index in [2.05, 4.69) is 47.7 Å². The number of hydrogen-bond donors (Lipinski definition) is 2. The van der Waals surface area contributed by atoms with Crippen LogP contribution in [0.5, 0.6) is 11.5 Å². The van der Waals surface area contributed by atoms with E-state index in [9.17, 15) is 9.59 Å². The summed E-state index contributed by atoms with van der Waals surface area (Å²) in [5, 5.41) is 7.23. The smallest absolute Gasteiger partial charge is 0.249 e. The molecule has 0 aliphatic heterocycles. The molecule has 2 N–H and O–H groups in total. The second-order valence-corrected chi connectivity index (χ2v) is 9.26. The van der Waals surface area contributed by atoms with Crippen molar-refractivity contribution in [2.24, 2.45) is 5.10 Å². The van der Waals surface area contributed by atoms with Gasteiger partial charge in [-0.25, -0.2) is 5.43 Å². The molecule has 2 amide bonds.